The zero-order valence-corrected chi connectivity index (χ0v) is 11.0. The molecule has 0 aromatic heterocycles. The van der Waals surface area contributed by atoms with Crippen molar-refractivity contribution in [3.8, 4) is 5.75 Å². The fourth-order valence-electron chi connectivity index (χ4n) is 2.17. The molecular weight excluding hydrogens is 251 g/mol. The topological polar surface area (TPSA) is 55.8 Å². The van der Waals surface area contributed by atoms with Crippen molar-refractivity contribution in [3.63, 3.8) is 0 Å². The summed E-state index contributed by atoms with van der Waals surface area (Å²) in [6.45, 7) is 4.29. The molecule has 1 aromatic rings. The first-order valence-corrected chi connectivity index (χ1v) is 6.21. The Hall–Kier alpha value is -1.62. The van der Waals surface area contributed by atoms with Crippen LogP contribution >= 0.6 is 0 Å². The van der Waals surface area contributed by atoms with E-state index in [1.807, 2.05) is 13.8 Å². The third-order valence-electron chi connectivity index (χ3n) is 3.15. The van der Waals surface area contributed by atoms with E-state index in [1.54, 1.807) is 0 Å². The Morgan fingerprint density at radius 3 is 2.89 bits per heavy atom. The van der Waals surface area contributed by atoms with Crippen LogP contribution in [0.1, 0.15) is 37.0 Å². The number of carboxylic acids is 1. The van der Waals surface area contributed by atoms with Crippen molar-refractivity contribution in [1.82, 2.24) is 0 Å². The van der Waals surface area contributed by atoms with E-state index in [-0.39, 0.29) is 29.6 Å². The van der Waals surface area contributed by atoms with Gasteiger partial charge in [0.05, 0.1) is 11.7 Å². The summed E-state index contributed by atoms with van der Waals surface area (Å²) in [6, 6.07) is 3.47. The zero-order chi connectivity index (χ0) is 14.0. The van der Waals surface area contributed by atoms with Gasteiger partial charge in [-0.1, -0.05) is 0 Å². The van der Waals surface area contributed by atoms with Crippen molar-refractivity contribution in [2.24, 2.45) is 0 Å². The molecule has 0 saturated carbocycles. The highest BCUT2D eigenvalue weighted by Crippen LogP contribution is 2.30. The first-order chi connectivity index (χ1) is 8.87. The summed E-state index contributed by atoms with van der Waals surface area (Å²) in [5.41, 5.74) is -0.329. The van der Waals surface area contributed by atoms with Gasteiger partial charge in [-0.05, 0) is 44.9 Å². The summed E-state index contributed by atoms with van der Waals surface area (Å²) in [5, 5.41) is 8.99. The number of rotatable bonds is 4. The number of aromatic carboxylic acids is 1. The van der Waals surface area contributed by atoms with Crippen LogP contribution in [0.15, 0.2) is 18.2 Å². The maximum atomic E-state index is 13.0. The van der Waals surface area contributed by atoms with Crippen molar-refractivity contribution in [3.05, 3.63) is 29.6 Å². The van der Waals surface area contributed by atoms with Gasteiger partial charge in [-0.3, -0.25) is 0 Å². The second kappa shape index (κ2) is 5.17. The SMILES string of the molecule is CC1(C)CCC(COc2ccc(F)cc2C(=O)O)O1. The van der Waals surface area contributed by atoms with Crippen LogP contribution in [0.2, 0.25) is 0 Å². The van der Waals surface area contributed by atoms with E-state index in [1.165, 1.54) is 12.1 Å². The smallest absolute Gasteiger partial charge is 0.339 e. The monoisotopic (exact) mass is 268 g/mol. The van der Waals surface area contributed by atoms with Crippen LogP contribution < -0.4 is 4.74 Å². The largest absolute Gasteiger partial charge is 0.490 e. The maximum Gasteiger partial charge on any atom is 0.339 e. The van der Waals surface area contributed by atoms with Crippen LogP contribution in [0.3, 0.4) is 0 Å². The average Bonchev–Trinajstić information content (AvgIpc) is 2.67. The lowest BCUT2D eigenvalue weighted by atomic mass is 10.1. The van der Waals surface area contributed by atoms with Crippen molar-refractivity contribution in [1.29, 1.82) is 0 Å². The molecule has 0 radical (unpaired) electrons. The number of hydrogen-bond acceptors (Lipinski definition) is 3. The van der Waals surface area contributed by atoms with Crippen LogP contribution in [0.25, 0.3) is 0 Å². The highest BCUT2D eigenvalue weighted by atomic mass is 19.1. The van der Waals surface area contributed by atoms with Crippen molar-refractivity contribution in [2.75, 3.05) is 6.61 Å². The molecule has 0 spiro atoms. The van der Waals surface area contributed by atoms with E-state index in [0.717, 1.165) is 18.9 Å². The van der Waals surface area contributed by atoms with Gasteiger partial charge in [-0.25, -0.2) is 9.18 Å². The molecule has 0 aliphatic carbocycles. The van der Waals surface area contributed by atoms with E-state index in [9.17, 15) is 9.18 Å². The van der Waals surface area contributed by atoms with Gasteiger partial charge in [-0.2, -0.15) is 0 Å². The Balaban J connectivity index is 2.02. The number of carboxylic acid groups (broad SMARTS) is 1. The van der Waals surface area contributed by atoms with Crippen molar-refractivity contribution < 1.29 is 23.8 Å². The van der Waals surface area contributed by atoms with E-state index >= 15 is 0 Å². The number of hydrogen-bond donors (Lipinski definition) is 1. The molecule has 5 heteroatoms. The molecule has 2 rings (SSSR count). The highest BCUT2D eigenvalue weighted by Gasteiger charge is 2.32. The molecule has 19 heavy (non-hydrogen) atoms. The van der Waals surface area contributed by atoms with E-state index in [2.05, 4.69) is 0 Å². The van der Waals surface area contributed by atoms with E-state index < -0.39 is 11.8 Å². The van der Waals surface area contributed by atoms with Gasteiger partial charge in [0.1, 0.15) is 23.7 Å². The van der Waals surface area contributed by atoms with E-state index in [0.29, 0.717) is 0 Å². The molecule has 1 N–H and O–H groups in total. The average molecular weight is 268 g/mol. The zero-order valence-electron chi connectivity index (χ0n) is 11.0. The third-order valence-corrected chi connectivity index (χ3v) is 3.15. The summed E-state index contributed by atoms with van der Waals surface area (Å²) in [6.07, 6.45) is 1.76. The highest BCUT2D eigenvalue weighted by molar-refractivity contribution is 5.90. The Bertz CT molecular complexity index is 484. The number of carbonyl (C=O) groups is 1. The molecule has 1 saturated heterocycles. The molecular formula is C14H17FO4. The minimum atomic E-state index is -1.21. The second-order valence-electron chi connectivity index (χ2n) is 5.29. The first-order valence-electron chi connectivity index (χ1n) is 6.21. The molecule has 1 aromatic carbocycles. The molecule has 0 bridgehead atoms. The summed E-state index contributed by atoms with van der Waals surface area (Å²) >= 11 is 0. The second-order valence-corrected chi connectivity index (χ2v) is 5.29. The fourth-order valence-corrected chi connectivity index (χ4v) is 2.17. The van der Waals surface area contributed by atoms with Crippen LogP contribution in [0.5, 0.6) is 5.75 Å². The predicted octanol–water partition coefficient (Wildman–Crippen LogP) is 2.86. The lowest BCUT2D eigenvalue weighted by molar-refractivity contribution is -0.0328. The van der Waals surface area contributed by atoms with Gasteiger partial charge in [0.2, 0.25) is 0 Å². The lowest BCUT2D eigenvalue weighted by Crippen LogP contribution is -2.24. The van der Waals surface area contributed by atoms with E-state index in [4.69, 9.17) is 14.6 Å². The van der Waals surface area contributed by atoms with Crippen LogP contribution in [-0.2, 0) is 4.74 Å². The lowest BCUT2D eigenvalue weighted by Gasteiger charge is -2.19. The number of halogens is 1. The standard InChI is InChI=1S/C14H17FO4/c1-14(2)6-5-10(19-14)8-18-12-4-3-9(15)7-11(12)13(16)17/h3-4,7,10H,5-6,8H2,1-2H3,(H,16,17). The molecule has 1 atom stereocenters. The van der Waals surface area contributed by atoms with Gasteiger partial charge in [0, 0.05) is 0 Å². The molecule has 0 amide bonds. The molecule has 104 valence electrons. The third kappa shape index (κ3) is 3.44. The molecule has 1 heterocycles. The van der Waals surface area contributed by atoms with Crippen molar-refractivity contribution >= 4 is 5.97 Å². The molecule has 1 aliphatic heterocycles. The van der Waals surface area contributed by atoms with Crippen LogP contribution in [0.4, 0.5) is 4.39 Å². The maximum absolute atomic E-state index is 13.0. The van der Waals surface area contributed by atoms with Crippen LogP contribution in [-0.4, -0.2) is 29.4 Å². The summed E-state index contributed by atoms with van der Waals surface area (Å²) in [5.74, 6) is -1.63. The summed E-state index contributed by atoms with van der Waals surface area (Å²) < 4.78 is 24.2. The predicted molar refractivity (Wildman–Crippen MR) is 67.0 cm³/mol. The Morgan fingerprint density at radius 1 is 1.58 bits per heavy atom. The Kier molecular flexibility index (Phi) is 3.75. The molecule has 1 aliphatic rings. The van der Waals surface area contributed by atoms with Gasteiger partial charge < -0.3 is 14.6 Å². The quantitative estimate of drug-likeness (QED) is 0.912. The Labute approximate surface area is 111 Å². The normalized spacial score (nSPS) is 21.3. The summed E-state index contributed by atoms with van der Waals surface area (Å²) in [4.78, 5) is 11.0. The van der Waals surface area contributed by atoms with Gasteiger partial charge >= 0.3 is 5.97 Å². The molecule has 4 nitrogen and oxygen atoms in total. The molecule has 1 fully saturated rings. The van der Waals surface area contributed by atoms with Gasteiger partial charge in [-0.15, -0.1) is 0 Å². The number of ether oxygens (including phenoxy) is 2. The van der Waals surface area contributed by atoms with Gasteiger partial charge in [0.25, 0.3) is 0 Å². The summed E-state index contributed by atoms with van der Waals surface area (Å²) in [7, 11) is 0. The minimum Gasteiger partial charge on any atom is -0.490 e. The van der Waals surface area contributed by atoms with Crippen LogP contribution in [0, 0.1) is 5.82 Å². The number of benzene rings is 1. The van der Waals surface area contributed by atoms with Gasteiger partial charge in [0.15, 0.2) is 0 Å². The fraction of sp³-hybridized carbons (Fsp3) is 0.500. The Morgan fingerprint density at radius 2 is 2.32 bits per heavy atom. The molecule has 1 unspecified atom stereocenters. The minimum absolute atomic E-state index is 0.0540. The van der Waals surface area contributed by atoms with Crippen molar-refractivity contribution in [2.45, 2.75) is 38.4 Å². The first kappa shape index (κ1) is 13.8.